The van der Waals surface area contributed by atoms with Gasteiger partial charge in [-0.05, 0) is 28.9 Å². The Balaban J connectivity index is 2.74. The first-order valence-corrected chi connectivity index (χ1v) is 4.87. The second-order valence-corrected chi connectivity index (χ2v) is 3.65. The first kappa shape index (κ1) is 10.9. The molecule has 0 aliphatic carbocycles. The highest BCUT2D eigenvalue weighted by molar-refractivity contribution is 9.10. The molecule has 0 aliphatic heterocycles. The molecule has 0 saturated carbocycles. The third kappa shape index (κ3) is 2.96. The molecule has 0 N–H and O–H groups in total. The van der Waals surface area contributed by atoms with Gasteiger partial charge in [0.2, 0.25) is 0 Å². The minimum absolute atomic E-state index is 0.290. The van der Waals surface area contributed by atoms with E-state index in [-0.39, 0.29) is 6.10 Å². The van der Waals surface area contributed by atoms with E-state index in [4.69, 9.17) is 4.74 Å². The van der Waals surface area contributed by atoms with Crippen molar-refractivity contribution in [3.63, 3.8) is 0 Å². The van der Waals surface area contributed by atoms with E-state index in [0.717, 1.165) is 4.47 Å². The van der Waals surface area contributed by atoms with E-state index in [1.165, 1.54) is 6.20 Å². The minimum Gasteiger partial charge on any atom is -0.455 e. The number of aromatic nitrogens is 1. The van der Waals surface area contributed by atoms with Crippen LogP contribution in [0.5, 0.6) is 0 Å². The van der Waals surface area contributed by atoms with Crippen LogP contribution in [0.1, 0.15) is 17.3 Å². The number of nitrogens with zero attached hydrogens (tertiary/aromatic N) is 1. The summed E-state index contributed by atoms with van der Waals surface area (Å²) in [7, 11) is 0. The Kier molecular flexibility index (Phi) is 3.83. The molecular weight excluding hydrogens is 246 g/mol. The summed E-state index contributed by atoms with van der Waals surface area (Å²) in [6.45, 7) is 5.27. The number of carbonyl (C=O) groups is 1. The van der Waals surface area contributed by atoms with Gasteiger partial charge in [-0.15, -0.1) is 0 Å². The molecule has 3 nitrogen and oxygen atoms in total. The van der Waals surface area contributed by atoms with Crippen LogP contribution in [-0.2, 0) is 4.74 Å². The van der Waals surface area contributed by atoms with Gasteiger partial charge in [0, 0.05) is 16.9 Å². The van der Waals surface area contributed by atoms with Gasteiger partial charge in [-0.1, -0.05) is 12.7 Å². The first-order chi connectivity index (χ1) is 6.63. The average Bonchev–Trinajstić information content (AvgIpc) is 2.17. The van der Waals surface area contributed by atoms with Crippen LogP contribution < -0.4 is 0 Å². The third-order valence-corrected chi connectivity index (χ3v) is 2.00. The van der Waals surface area contributed by atoms with Crippen molar-refractivity contribution in [3.8, 4) is 0 Å². The predicted molar refractivity (Wildman–Crippen MR) is 57.0 cm³/mol. The molecule has 0 amide bonds. The maximum atomic E-state index is 11.4. The molecule has 4 heteroatoms. The molecule has 0 saturated heterocycles. The standard InChI is InChI=1S/C10H10BrNO2/c1-3-7(2)14-10(13)8-4-9(11)6-12-5-8/h3-7H,1H2,2H3/t7-/m0/s1. The van der Waals surface area contributed by atoms with E-state index in [1.54, 1.807) is 25.3 Å². The van der Waals surface area contributed by atoms with Gasteiger partial charge in [0.15, 0.2) is 0 Å². The summed E-state index contributed by atoms with van der Waals surface area (Å²) in [5.74, 6) is -0.397. The van der Waals surface area contributed by atoms with Crippen molar-refractivity contribution in [1.29, 1.82) is 0 Å². The number of rotatable bonds is 3. The molecule has 1 heterocycles. The molecule has 1 atom stereocenters. The molecule has 1 rings (SSSR count). The number of halogens is 1. The van der Waals surface area contributed by atoms with Crippen LogP contribution >= 0.6 is 15.9 Å². The van der Waals surface area contributed by atoms with Crippen LogP contribution in [0.2, 0.25) is 0 Å². The Morgan fingerprint density at radius 1 is 1.71 bits per heavy atom. The third-order valence-electron chi connectivity index (χ3n) is 1.57. The van der Waals surface area contributed by atoms with Crippen molar-refractivity contribution < 1.29 is 9.53 Å². The molecule has 0 aliphatic rings. The smallest absolute Gasteiger partial charge is 0.340 e. The summed E-state index contributed by atoms with van der Waals surface area (Å²) >= 11 is 3.22. The van der Waals surface area contributed by atoms with Gasteiger partial charge >= 0.3 is 5.97 Å². The van der Waals surface area contributed by atoms with Gasteiger partial charge in [0.1, 0.15) is 6.10 Å². The molecule has 0 radical (unpaired) electrons. The van der Waals surface area contributed by atoms with Crippen LogP contribution in [0.25, 0.3) is 0 Å². The van der Waals surface area contributed by atoms with E-state index in [0.29, 0.717) is 5.56 Å². The zero-order chi connectivity index (χ0) is 10.6. The highest BCUT2D eigenvalue weighted by atomic mass is 79.9. The predicted octanol–water partition coefficient (Wildman–Crippen LogP) is 2.58. The molecular formula is C10H10BrNO2. The van der Waals surface area contributed by atoms with Crippen LogP contribution in [0, 0.1) is 0 Å². The highest BCUT2D eigenvalue weighted by Gasteiger charge is 2.10. The fourth-order valence-corrected chi connectivity index (χ4v) is 1.17. The van der Waals surface area contributed by atoms with Gasteiger partial charge in [-0.3, -0.25) is 4.98 Å². The summed E-state index contributed by atoms with van der Waals surface area (Å²) in [6.07, 6.45) is 4.33. The Morgan fingerprint density at radius 2 is 2.43 bits per heavy atom. The lowest BCUT2D eigenvalue weighted by Gasteiger charge is -2.08. The second-order valence-electron chi connectivity index (χ2n) is 2.74. The topological polar surface area (TPSA) is 39.2 Å². The van der Waals surface area contributed by atoms with Crippen molar-refractivity contribution in [2.24, 2.45) is 0 Å². The zero-order valence-electron chi connectivity index (χ0n) is 7.74. The number of hydrogen-bond acceptors (Lipinski definition) is 3. The monoisotopic (exact) mass is 255 g/mol. The van der Waals surface area contributed by atoms with E-state index >= 15 is 0 Å². The van der Waals surface area contributed by atoms with Gasteiger partial charge in [0.05, 0.1) is 5.56 Å². The molecule has 0 aromatic carbocycles. The molecule has 0 bridgehead atoms. The fraction of sp³-hybridized carbons (Fsp3) is 0.200. The van der Waals surface area contributed by atoms with Gasteiger partial charge < -0.3 is 4.74 Å². The van der Waals surface area contributed by atoms with Crippen LogP contribution in [-0.4, -0.2) is 17.1 Å². The quantitative estimate of drug-likeness (QED) is 0.616. The Bertz CT molecular complexity index is 352. The summed E-state index contributed by atoms with van der Waals surface area (Å²) in [4.78, 5) is 15.3. The first-order valence-electron chi connectivity index (χ1n) is 4.07. The molecule has 14 heavy (non-hydrogen) atoms. The van der Waals surface area contributed by atoms with Crippen LogP contribution in [0.15, 0.2) is 35.6 Å². The molecule has 1 aromatic heterocycles. The summed E-state index contributed by atoms with van der Waals surface area (Å²) in [5.41, 5.74) is 0.424. The van der Waals surface area contributed by atoms with E-state index in [1.807, 2.05) is 0 Å². The Morgan fingerprint density at radius 3 is 3.00 bits per heavy atom. The minimum atomic E-state index is -0.397. The van der Waals surface area contributed by atoms with E-state index < -0.39 is 5.97 Å². The number of esters is 1. The number of hydrogen-bond donors (Lipinski definition) is 0. The summed E-state index contributed by atoms with van der Waals surface area (Å²) in [6, 6.07) is 1.66. The largest absolute Gasteiger partial charge is 0.455 e. The van der Waals surface area contributed by atoms with Crippen molar-refractivity contribution in [3.05, 3.63) is 41.2 Å². The molecule has 74 valence electrons. The highest BCUT2D eigenvalue weighted by Crippen LogP contribution is 2.11. The lowest BCUT2D eigenvalue weighted by molar-refractivity contribution is 0.0424. The van der Waals surface area contributed by atoms with Gasteiger partial charge in [-0.25, -0.2) is 4.79 Å². The number of pyridine rings is 1. The van der Waals surface area contributed by atoms with Crippen molar-refractivity contribution in [1.82, 2.24) is 4.98 Å². The zero-order valence-corrected chi connectivity index (χ0v) is 9.32. The van der Waals surface area contributed by atoms with Crippen molar-refractivity contribution >= 4 is 21.9 Å². The van der Waals surface area contributed by atoms with Gasteiger partial charge in [0.25, 0.3) is 0 Å². The molecule has 1 aromatic rings. The number of carbonyl (C=O) groups excluding carboxylic acids is 1. The number of ether oxygens (including phenoxy) is 1. The molecule has 0 fully saturated rings. The Labute approximate surface area is 90.9 Å². The maximum absolute atomic E-state index is 11.4. The van der Waals surface area contributed by atoms with E-state index in [9.17, 15) is 4.79 Å². The van der Waals surface area contributed by atoms with Crippen molar-refractivity contribution in [2.75, 3.05) is 0 Å². The molecule has 0 unspecified atom stereocenters. The SMILES string of the molecule is C=C[C@H](C)OC(=O)c1cncc(Br)c1. The molecule has 0 spiro atoms. The van der Waals surface area contributed by atoms with Crippen LogP contribution in [0.3, 0.4) is 0 Å². The second kappa shape index (κ2) is 4.91. The van der Waals surface area contributed by atoms with Crippen molar-refractivity contribution in [2.45, 2.75) is 13.0 Å². The normalized spacial score (nSPS) is 11.9. The fourth-order valence-electron chi connectivity index (χ4n) is 0.808. The van der Waals surface area contributed by atoms with E-state index in [2.05, 4.69) is 27.5 Å². The summed E-state index contributed by atoms with van der Waals surface area (Å²) in [5, 5.41) is 0. The Hall–Kier alpha value is -1.16. The maximum Gasteiger partial charge on any atom is 0.340 e. The van der Waals surface area contributed by atoms with Crippen LogP contribution in [0.4, 0.5) is 0 Å². The lowest BCUT2D eigenvalue weighted by Crippen LogP contribution is -2.12. The average molecular weight is 256 g/mol. The summed E-state index contributed by atoms with van der Waals surface area (Å²) < 4.78 is 5.77. The van der Waals surface area contributed by atoms with Gasteiger partial charge in [-0.2, -0.15) is 0 Å². The lowest BCUT2D eigenvalue weighted by atomic mass is 10.3.